The molecular formula is C22H42O. The van der Waals surface area contributed by atoms with E-state index >= 15 is 0 Å². The highest BCUT2D eigenvalue weighted by molar-refractivity contribution is 5.03. The number of hydrogen-bond donors (Lipinski definition) is 0. The Bertz CT molecular complexity index is 295. The van der Waals surface area contributed by atoms with Gasteiger partial charge in [0.2, 0.25) is 0 Å². The van der Waals surface area contributed by atoms with Crippen molar-refractivity contribution in [2.45, 2.75) is 106 Å². The van der Waals surface area contributed by atoms with E-state index in [0.717, 1.165) is 0 Å². The van der Waals surface area contributed by atoms with Crippen molar-refractivity contribution in [2.75, 3.05) is 0 Å². The van der Waals surface area contributed by atoms with E-state index in [9.17, 15) is 0 Å². The summed E-state index contributed by atoms with van der Waals surface area (Å²) >= 11 is 0. The molecule has 136 valence electrons. The normalized spacial score (nSPS) is 15.6. The molecule has 0 saturated carbocycles. The van der Waals surface area contributed by atoms with E-state index < -0.39 is 0 Å². The van der Waals surface area contributed by atoms with Gasteiger partial charge in [0.15, 0.2) is 0 Å². The largest absolute Gasteiger partial charge is 0.473 e. The van der Waals surface area contributed by atoms with Crippen LogP contribution in [-0.2, 0) is 4.74 Å². The molecule has 23 heavy (non-hydrogen) atoms. The first-order valence-electron chi connectivity index (χ1n) is 10.1. The average Bonchev–Trinajstić information content (AvgIpc) is 2.55. The minimum atomic E-state index is 0.682. The Morgan fingerprint density at radius 1 is 0.696 bits per heavy atom. The highest BCUT2D eigenvalue weighted by atomic mass is 16.5. The van der Waals surface area contributed by atoms with Gasteiger partial charge in [-0.25, -0.2) is 0 Å². The van der Waals surface area contributed by atoms with Crippen molar-refractivity contribution in [3.05, 3.63) is 23.7 Å². The van der Waals surface area contributed by atoms with Crippen LogP contribution in [0.15, 0.2) is 23.7 Å². The van der Waals surface area contributed by atoms with Gasteiger partial charge in [0.25, 0.3) is 0 Å². The summed E-state index contributed by atoms with van der Waals surface area (Å²) < 4.78 is 5.81. The zero-order chi connectivity index (χ0) is 17.5. The standard InChI is InChI=1S/C22H42O/c1-7-11-13-15-21(9-3)19(5)17-23-18-20(6)22(10-4)16-14-12-8-2/h17-18,21-22H,7-16H2,1-6H3/b19-17+,20-18+. The maximum absolute atomic E-state index is 5.81. The van der Waals surface area contributed by atoms with E-state index in [0.29, 0.717) is 11.8 Å². The van der Waals surface area contributed by atoms with Crippen LogP contribution in [0.4, 0.5) is 0 Å². The highest BCUT2D eigenvalue weighted by Gasteiger charge is 2.10. The van der Waals surface area contributed by atoms with Gasteiger partial charge >= 0.3 is 0 Å². The first-order valence-corrected chi connectivity index (χ1v) is 10.1. The fraction of sp³-hybridized carbons (Fsp3) is 0.818. The molecule has 1 heteroatoms. The van der Waals surface area contributed by atoms with Crippen LogP contribution < -0.4 is 0 Å². The molecule has 2 atom stereocenters. The van der Waals surface area contributed by atoms with Crippen LogP contribution in [0.3, 0.4) is 0 Å². The van der Waals surface area contributed by atoms with E-state index in [1.165, 1.54) is 75.4 Å². The third-order valence-corrected chi connectivity index (χ3v) is 5.09. The van der Waals surface area contributed by atoms with E-state index in [1.807, 2.05) is 12.5 Å². The predicted molar refractivity (Wildman–Crippen MR) is 104 cm³/mol. The lowest BCUT2D eigenvalue weighted by atomic mass is 9.92. The lowest BCUT2D eigenvalue weighted by Crippen LogP contribution is -2.02. The molecule has 0 aromatic heterocycles. The summed E-state index contributed by atoms with van der Waals surface area (Å²) in [5.74, 6) is 1.36. The van der Waals surface area contributed by atoms with Gasteiger partial charge in [-0.1, -0.05) is 66.2 Å². The fourth-order valence-electron chi connectivity index (χ4n) is 3.23. The number of hydrogen-bond acceptors (Lipinski definition) is 1. The summed E-state index contributed by atoms with van der Waals surface area (Å²) in [6.45, 7) is 13.6. The maximum atomic E-state index is 5.81. The van der Waals surface area contributed by atoms with Gasteiger partial charge in [-0.2, -0.15) is 0 Å². The Kier molecular flexibility index (Phi) is 14.4. The Labute approximate surface area is 146 Å². The summed E-state index contributed by atoms with van der Waals surface area (Å²) in [7, 11) is 0. The number of rotatable bonds is 14. The molecule has 0 N–H and O–H groups in total. The zero-order valence-corrected chi connectivity index (χ0v) is 16.8. The van der Waals surface area contributed by atoms with E-state index in [2.05, 4.69) is 41.5 Å². The van der Waals surface area contributed by atoms with Gasteiger partial charge < -0.3 is 4.74 Å². The van der Waals surface area contributed by atoms with Crippen LogP contribution in [0.25, 0.3) is 0 Å². The minimum Gasteiger partial charge on any atom is -0.473 e. The summed E-state index contributed by atoms with van der Waals surface area (Å²) in [4.78, 5) is 0. The van der Waals surface area contributed by atoms with Gasteiger partial charge in [0.1, 0.15) is 0 Å². The van der Waals surface area contributed by atoms with Crippen LogP contribution in [0.5, 0.6) is 0 Å². The van der Waals surface area contributed by atoms with Crippen molar-refractivity contribution < 1.29 is 4.74 Å². The summed E-state index contributed by atoms with van der Waals surface area (Å²) in [6.07, 6.45) is 17.0. The molecule has 0 aromatic rings. The van der Waals surface area contributed by atoms with Crippen LogP contribution in [0.1, 0.15) is 106 Å². The van der Waals surface area contributed by atoms with Crippen molar-refractivity contribution >= 4 is 0 Å². The molecular weight excluding hydrogens is 280 g/mol. The molecule has 0 aliphatic rings. The highest BCUT2D eigenvalue weighted by Crippen LogP contribution is 2.24. The summed E-state index contributed by atoms with van der Waals surface area (Å²) in [5, 5.41) is 0. The molecule has 0 saturated heterocycles. The predicted octanol–water partition coefficient (Wildman–Crippen LogP) is 8.02. The molecule has 0 amide bonds. The van der Waals surface area contributed by atoms with Crippen molar-refractivity contribution in [1.29, 1.82) is 0 Å². The fourth-order valence-corrected chi connectivity index (χ4v) is 3.23. The van der Waals surface area contributed by atoms with Gasteiger partial charge in [-0.15, -0.1) is 0 Å². The Morgan fingerprint density at radius 3 is 1.39 bits per heavy atom. The summed E-state index contributed by atoms with van der Waals surface area (Å²) in [6, 6.07) is 0. The van der Waals surface area contributed by atoms with Gasteiger partial charge in [-0.05, 0) is 62.5 Å². The first-order chi connectivity index (χ1) is 11.1. The minimum absolute atomic E-state index is 0.682. The molecule has 0 radical (unpaired) electrons. The molecule has 0 bridgehead atoms. The number of unbranched alkanes of at least 4 members (excludes halogenated alkanes) is 4. The Balaban J connectivity index is 4.41. The van der Waals surface area contributed by atoms with Crippen molar-refractivity contribution in [1.82, 2.24) is 0 Å². The topological polar surface area (TPSA) is 9.23 Å². The molecule has 0 aliphatic carbocycles. The van der Waals surface area contributed by atoms with Crippen molar-refractivity contribution in [3.8, 4) is 0 Å². The molecule has 0 aromatic carbocycles. The Morgan fingerprint density at radius 2 is 1.09 bits per heavy atom. The molecule has 2 unspecified atom stereocenters. The monoisotopic (exact) mass is 322 g/mol. The molecule has 0 rings (SSSR count). The number of allylic oxidation sites excluding steroid dienone is 2. The van der Waals surface area contributed by atoms with Gasteiger partial charge in [-0.3, -0.25) is 0 Å². The number of ether oxygens (including phenoxy) is 1. The van der Waals surface area contributed by atoms with Crippen LogP contribution in [-0.4, -0.2) is 0 Å². The SMILES string of the molecule is CCCCCC(CC)/C(C)=C/O/C=C(\C)C(CC)CCCCC. The molecule has 0 heterocycles. The average molecular weight is 323 g/mol. The van der Waals surface area contributed by atoms with Gasteiger partial charge in [0, 0.05) is 0 Å². The summed E-state index contributed by atoms with van der Waals surface area (Å²) in [5.41, 5.74) is 2.79. The second kappa shape index (κ2) is 14.8. The van der Waals surface area contributed by atoms with Crippen LogP contribution in [0, 0.1) is 11.8 Å². The van der Waals surface area contributed by atoms with Gasteiger partial charge in [0.05, 0.1) is 12.5 Å². The zero-order valence-electron chi connectivity index (χ0n) is 16.8. The second-order valence-electron chi connectivity index (χ2n) is 7.06. The van der Waals surface area contributed by atoms with E-state index in [-0.39, 0.29) is 0 Å². The molecule has 0 aliphatic heterocycles. The van der Waals surface area contributed by atoms with Crippen molar-refractivity contribution in [2.24, 2.45) is 11.8 Å². The van der Waals surface area contributed by atoms with Crippen molar-refractivity contribution in [3.63, 3.8) is 0 Å². The molecule has 0 fully saturated rings. The van der Waals surface area contributed by atoms with Crippen LogP contribution in [0.2, 0.25) is 0 Å². The lowest BCUT2D eigenvalue weighted by molar-refractivity contribution is 0.368. The molecule has 0 spiro atoms. The first kappa shape index (κ1) is 22.3. The Hall–Kier alpha value is -0.720. The molecule has 1 nitrogen and oxygen atoms in total. The van der Waals surface area contributed by atoms with E-state index in [4.69, 9.17) is 4.74 Å². The quantitative estimate of drug-likeness (QED) is 0.232. The maximum Gasteiger partial charge on any atom is 0.0893 e. The van der Waals surface area contributed by atoms with Crippen LogP contribution >= 0.6 is 0 Å². The lowest BCUT2D eigenvalue weighted by Gasteiger charge is -2.16. The van der Waals surface area contributed by atoms with E-state index in [1.54, 1.807) is 0 Å². The second-order valence-corrected chi connectivity index (χ2v) is 7.06. The smallest absolute Gasteiger partial charge is 0.0893 e. The third kappa shape index (κ3) is 10.6. The third-order valence-electron chi connectivity index (χ3n) is 5.09.